The second kappa shape index (κ2) is 4.97. The van der Waals surface area contributed by atoms with Gasteiger partial charge in [-0.3, -0.25) is 4.79 Å². The van der Waals surface area contributed by atoms with E-state index in [4.69, 9.17) is 28.3 Å². The van der Waals surface area contributed by atoms with Crippen LogP contribution in [0.25, 0.3) is 5.69 Å². The largest absolute Gasteiger partial charge is 0.506 e. The molecule has 2 rings (SSSR count). The van der Waals surface area contributed by atoms with Crippen molar-refractivity contribution in [1.29, 1.82) is 0 Å². The van der Waals surface area contributed by atoms with Crippen molar-refractivity contribution in [1.82, 2.24) is 9.78 Å². The van der Waals surface area contributed by atoms with Crippen LogP contribution < -0.4 is 5.56 Å². The summed E-state index contributed by atoms with van der Waals surface area (Å²) in [5.74, 6) is -0.364. The summed E-state index contributed by atoms with van der Waals surface area (Å²) in [5.41, 5.74) is -0.316. The Balaban J connectivity index is 2.71. The van der Waals surface area contributed by atoms with Gasteiger partial charge in [0.2, 0.25) is 0 Å². The van der Waals surface area contributed by atoms with Crippen molar-refractivity contribution in [2.75, 3.05) is 0 Å². The first kappa shape index (κ1) is 12.9. The first-order chi connectivity index (χ1) is 8.54. The molecule has 0 radical (unpaired) electrons. The molecule has 0 aliphatic rings. The molecule has 0 spiro atoms. The number of benzene rings is 1. The standard InChI is InChI=1S/C11H8Cl2N2O3/c12-6-2-1-3-8(11(6)13)15-10(18)4-9(17)7(5-16)14-15/h1-4,16-17H,5H2. The van der Waals surface area contributed by atoms with Gasteiger partial charge < -0.3 is 10.2 Å². The highest BCUT2D eigenvalue weighted by Crippen LogP contribution is 2.27. The monoisotopic (exact) mass is 286 g/mol. The number of rotatable bonds is 2. The third-order valence-electron chi connectivity index (χ3n) is 2.29. The summed E-state index contributed by atoms with van der Waals surface area (Å²) in [4.78, 5) is 11.7. The fourth-order valence-corrected chi connectivity index (χ4v) is 1.80. The Morgan fingerprint density at radius 2 is 2.06 bits per heavy atom. The number of aromatic nitrogens is 2. The fourth-order valence-electron chi connectivity index (χ4n) is 1.42. The molecule has 1 aromatic carbocycles. The normalized spacial score (nSPS) is 10.6. The molecule has 94 valence electrons. The summed E-state index contributed by atoms with van der Waals surface area (Å²) in [7, 11) is 0. The smallest absolute Gasteiger partial charge is 0.275 e. The molecule has 0 aliphatic heterocycles. The van der Waals surface area contributed by atoms with Crippen molar-refractivity contribution in [3.63, 3.8) is 0 Å². The van der Waals surface area contributed by atoms with Crippen LogP contribution >= 0.6 is 23.2 Å². The molecule has 18 heavy (non-hydrogen) atoms. The lowest BCUT2D eigenvalue weighted by Gasteiger charge is -2.09. The van der Waals surface area contributed by atoms with Crippen LogP contribution in [0, 0.1) is 0 Å². The highest BCUT2D eigenvalue weighted by atomic mass is 35.5. The topological polar surface area (TPSA) is 75.3 Å². The number of halogens is 2. The molecule has 0 bridgehead atoms. The zero-order valence-corrected chi connectivity index (χ0v) is 10.5. The molecule has 0 atom stereocenters. The van der Waals surface area contributed by atoms with Crippen molar-refractivity contribution in [3.05, 3.63) is 50.4 Å². The van der Waals surface area contributed by atoms with Gasteiger partial charge in [-0.25, -0.2) is 0 Å². The number of aromatic hydroxyl groups is 1. The number of hydrogen-bond acceptors (Lipinski definition) is 4. The van der Waals surface area contributed by atoms with E-state index in [2.05, 4.69) is 5.10 Å². The molecular formula is C11H8Cl2N2O3. The molecule has 7 heteroatoms. The van der Waals surface area contributed by atoms with Gasteiger partial charge in [-0.1, -0.05) is 29.3 Å². The van der Waals surface area contributed by atoms with Gasteiger partial charge in [-0.05, 0) is 12.1 Å². The van der Waals surface area contributed by atoms with E-state index in [1.54, 1.807) is 18.2 Å². The van der Waals surface area contributed by atoms with Crippen molar-refractivity contribution in [2.24, 2.45) is 0 Å². The van der Waals surface area contributed by atoms with E-state index in [0.717, 1.165) is 10.7 Å². The second-order valence-corrected chi connectivity index (χ2v) is 4.24. The van der Waals surface area contributed by atoms with Gasteiger partial charge >= 0.3 is 0 Å². The second-order valence-electron chi connectivity index (χ2n) is 3.46. The average Bonchev–Trinajstić information content (AvgIpc) is 2.34. The molecule has 0 saturated heterocycles. The summed E-state index contributed by atoms with van der Waals surface area (Å²) in [6.45, 7) is -0.496. The van der Waals surface area contributed by atoms with E-state index in [9.17, 15) is 9.90 Å². The minimum Gasteiger partial charge on any atom is -0.506 e. The Morgan fingerprint density at radius 3 is 2.72 bits per heavy atom. The first-order valence-electron chi connectivity index (χ1n) is 4.92. The van der Waals surface area contributed by atoms with Gasteiger partial charge in [0.15, 0.2) is 0 Å². The third-order valence-corrected chi connectivity index (χ3v) is 3.10. The summed E-state index contributed by atoms with van der Waals surface area (Å²) in [6, 6.07) is 5.70. The third kappa shape index (κ3) is 2.20. The Bertz CT molecular complexity index is 655. The highest BCUT2D eigenvalue weighted by Gasteiger charge is 2.12. The van der Waals surface area contributed by atoms with Crippen LogP contribution in [0.3, 0.4) is 0 Å². The molecule has 2 aromatic rings. The zero-order valence-electron chi connectivity index (χ0n) is 8.97. The van der Waals surface area contributed by atoms with Gasteiger partial charge in [-0.2, -0.15) is 9.78 Å². The van der Waals surface area contributed by atoms with Crippen LogP contribution in [-0.4, -0.2) is 20.0 Å². The Labute approximate surface area is 112 Å². The molecule has 0 amide bonds. The molecule has 0 fully saturated rings. The first-order valence-corrected chi connectivity index (χ1v) is 5.67. The summed E-state index contributed by atoms with van der Waals surface area (Å²) in [5, 5.41) is 22.7. The minimum atomic E-state index is -0.575. The van der Waals surface area contributed by atoms with E-state index in [-0.39, 0.29) is 27.2 Å². The summed E-state index contributed by atoms with van der Waals surface area (Å²) in [6.07, 6.45) is 0. The van der Waals surface area contributed by atoms with Gasteiger partial charge in [0.1, 0.15) is 11.4 Å². The van der Waals surface area contributed by atoms with Gasteiger partial charge in [-0.15, -0.1) is 0 Å². The maximum absolute atomic E-state index is 11.7. The Kier molecular flexibility index (Phi) is 3.56. The maximum atomic E-state index is 11.7. The van der Waals surface area contributed by atoms with Gasteiger partial charge in [0, 0.05) is 6.07 Å². The van der Waals surface area contributed by atoms with Crippen molar-refractivity contribution in [3.8, 4) is 11.4 Å². The van der Waals surface area contributed by atoms with Gasteiger partial charge in [0.25, 0.3) is 5.56 Å². The number of aliphatic hydroxyl groups excluding tert-OH is 1. The van der Waals surface area contributed by atoms with Crippen LogP contribution in [0.15, 0.2) is 29.1 Å². The van der Waals surface area contributed by atoms with Crippen molar-refractivity contribution >= 4 is 23.2 Å². The van der Waals surface area contributed by atoms with Crippen LogP contribution in [-0.2, 0) is 6.61 Å². The van der Waals surface area contributed by atoms with Crippen LogP contribution in [0.1, 0.15) is 5.69 Å². The van der Waals surface area contributed by atoms with Crippen molar-refractivity contribution in [2.45, 2.75) is 6.61 Å². The molecule has 5 nitrogen and oxygen atoms in total. The highest BCUT2D eigenvalue weighted by molar-refractivity contribution is 6.43. The predicted octanol–water partition coefficient (Wildman–Crippen LogP) is 1.74. The quantitative estimate of drug-likeness (QED) is 0.882. The molecule has 1 aromatic heterocycles. The summed E-state index contributed by atoms with van der Waals surface area (Å²) >= 11 is 11.8. The fraction of sp³-hybridized carbons (Fsp3) is 0.0909. The molecule has 0 saturated carbocycles. The number of aliphatic hydroxyl groups is 1. The van der Waals surface area contributed by atoms with Gasteiger partial charge in [0.05, 0.1) is 22.3 Å². The molecule has 1 heterocycles. The minimum absolute atomic E-state index is 0.0226. The van der Waals surface area contributed by atoms with Crippen LogP contribution in [0.2, 0.25) is 10.0 Å². The molecule has 0 unspecified atom stereocenters. The Morgan fingerprint density at radius 1 is 1.33 bits per heavy atom. The lowest BCUT2D eigenvalue weighted by Crippen LogP contribution is -2.22. The van der Waals surface area contributed by atoms with E-state index < -0.39 is 12.2 Å². The summed E-state index contributed by atoms with van der Waals surface area (Å²) < 4.78 is 0.972. The van der Waals surface area contributed by atoms with E-state index >= 15 is 0 Å². The average molecular weight is 287 g/mol. The van der Waals surface area contributed by atoms with Crippen molar-refractivity contribution < 1.29 is 10.2 Å². The van der Waals surface area contributed by atoms with Crippen LogP contribution in [0.5, 0.6) is 5.75 Å². The molecule has 2 N–H and O–H groups in total. The van der Waals surface area contributed by atoms with E-state index in [1.807, 2.05) is 0 Å². The number of hydrogen-bond donors (Lipinski definition) is 2. The molecule has 0 aliphatic carbocycles. The number of nitrogens with zero attached hydrogens (tertiary/aromatic N) is 2. The van der Waals surface area contributed by atoms with Crippen LogP contribution in [0.4, 0.5) is 0 Å². The van der Waals surface area contributed by atoms with E-state index in [0.29, 0.717) is 0 Å². The lowest BCUT2D eigenvalue weighted by molar-refractivity contribution is 0.266. The molecular weight excluding hydrogens is 279 g/mol. The SMILES string of the molecule is O=c1cc(O)c(CO)nn1-c1cccc(Cl)c1Cl. The Hall–Kier alpha value is -1.56. The lowest BCUT2D eigenvalue weighted by atomic mass is 10.3. The zero-order chi connectivity index (χ0) is 13.3. The van der Waals surface area contributed by atoms with E-state index in [1.165, 1.54) is 0 Å². The predicted molar refractivity (Wildman–Crippen MR) is 67.4 cm³/mol. The maximum Gasteiger partial charge on any atom is 0.275 e.